The molecule has 154 valence electrons. The van der Waals surface area contributed by atoms with Crippen LogP contribution in [0.4, 0.5) is 23.1 Å². The number of piperazine rings is 1. The van der Waals surface area contributed by atoms with Crippen molar-refractivity contribution < 1.29 is 5.11 Å². The SMILES string of the molecule is CC(O)(C#Cc1ccc(N2CCNCC2)c(Nc2ccnc(N)n2)c1)c1nccs1. The van der Waals surface area contributed by atoms with Crippen molar-refractivity contribution in [1.29, 1.82) is 0 Å². The maximum atomic E-state index is 10.6. The third-order valence-corrected chi connectivity index (χ3v) is 5.67. The summed E-state index contributed by atoms with van der Waals surface area (Å²) < 4.78 is 0. The zero-order valence-corrected chi connectivity index (χ0v) is 17.4. The molecule has 5 N–H and O–H groups in total. The summed E-state index contributed by atoms with van der Waals surface area (Å²) >= 11 is 1.38. The Labute approximate surface area is 179 Å². The molecular formula is C21H23N7OS. The van der Waals surface area contributed by atoms with E-state index < -0.39 is 5.60 Å². The summed E-state index contributed by atoms with van der Waals surface area (Å²) in [5, 5.41) is 19.7. The van der Waals surface area contributed by atoms with Gasteiger partial charge in [-0.2, -0.15) is 4.98 Å². The normalized spacial score (nSPS) is 15.7. The van der Waals surface area contributed by atoms with Crippen LogP contribution < -0.4 is 21.3 Å². The number of benzene rings is 1. The van der Waals surface area contributed by atoms with Gasteiger partial charge in [0.15, 0.2) is 5.60 Å². The topological polar surface area (TPSA) is 112 Å². The maximum Gasteiger partial charge on any atom is 0.221 e. The first kappa shape index (κ1) is 20.1. The molecule has 1 aromatic carbocycles. The van der Waals surface area contributed by atoms with E-state index in [1.807, 2.05) is 23.6 Å². The minimum Gasteiger partial charge on any atom is -0.371 e. The van der Waals surface area contributed by atoms with E-state index in [0.29, 0.717) is 10.8 Å². The molecule has 1 unspecified atom stereocenters. The number of anilines is 4. The van der Waals surface area contributed by atoms with Gasteiger partial charge in [0.2, 0.25) is 5.95 Å². The monoisotopic (exact) mass is 421 g/mol. The van der Waals surface area contributed by atoms with Gasteiger partial charge in [0.1, 0.15) is 10.8 Å². The number of hydrogen-bond donors (Lipinski definition) is 4. The van der Waals surface area contributed by atoms with Crippen molar-refractivity contribution in [2.75, 3.05) is 42.1 Å². The van der Waals surface area contributed by atoms with E-state index in [9.17, 15) is 5.11 Å². The number of aromatic nitrogens is 3. The molecule has 30 heavy (non-hydrogen) atoms. The van der Waals surface area contributed by atoms with Gasteiger partial charge in [0, 0.05) is 49.5 Å². The Kier molecular flexibility index (Phi) is 5.81. The summed E-state index contributed by atoms with van der Waals surface area (Å²) in [5.41, 5.74) is 7.13. The van der Waals surface area contributed by atoms with Crippen molar-refractivity contribution in [3.63, 3.8) is 0 Å². The van der Waals surface area contributed by atoms with Crippen LogP contribution in [0.5, 0.6) is 0 Å². The van der Waals surface area contributed by atoms with Crippen LogP contribution in [-0.4, -0.2) is 46.2 Å². The summed E-state index contributed by atoms with van der Waals surface area (Å²) in [6.07, 6.45) is 3.28. The molecule has 1 atom stereocenters. The minimum absolute atomic E-state index is 0.208. The molecule has 8 nitrogen and oxygen atoms in total. The first-order valence-corrected chi connectivity index (χ1v) is 10.5. The molecule has 1 aliphatic heterocycles. The predicted molar refractivity (Wildman–Crippen MR) is 120 cm³/mol. The number of nitrogen functional groups attached to an aromatic ring is 1. The first-order valence-electron chi connectivity index (χ1n) is 9.62. The van der Waals surface area contributed by atoms with E-state index in [1.54, 1.807) is 25.4 Å². The second-order valence-corrected chi connectivity index (χ2v) is 7.95. The van der Waals surface area contributed by atoms with Gasteiger partial charge < -0.3 is 26.4 Å². The molecule has 0 bridgehead atoms. The van der Waals surface area contributed by atoms with Crippen molar-refractivity contribution in [2.45, 2.75) is 12.5 Å². The zero-order valence-electron chi connectivity index (χ0n) is 16.6. The van der Waals surface area contributed by atoms with Gasteiger partial charge in [-0.25, -0.2) is 9.97 Å². The van der Waals surface area contributed by atoms with Gasteiger partial charge in [0.25, 0.3) is 0 Å². The molecule has 0 radical (unpaired) electrons. The maximum absolute atomic E-state index is 10.6. The third kappa shape index (κ3) is 4.68. The Morgan fingerprint density at radius 2 is 2.07 bits per heavy atom. The fraction of sp³-hybridized carbons (Fsp3) is 0.286. The number of nitrogens with one attached hydrogen (secondary N) is 2. The highest BCUT2D eigenvalue weighted by Crippen LogP contribution is 2.30. The van der Waals surface area contributed by atoms with Crippen molar-refractivity contribution in [3.8, 4) is 11.8 Å². The molecule has 0 amide bonds. The van der Waals surface area contributed by atoms with Crippen LogP contribution in [0.2, 0.25) is 0 Å². The summed E-state index contributed by atoms with van der Waals surface area (Å²) in [6, 6.07) is 7.73. The van der Waals surface area contributed by atoms with E-state index in [2.05, 4.69) is 42.3 Å². The first-order chi connectivity index (χ1) is 14.5. The molecule has 1 saturated heterocycles. The Morgan fingerprint density at radius 3 is 2.80 bits per heavy atom. The Bertz CT molecular complexity index is 1070. The van der Waals surface area contributed by atoms with Gasteiger partial charge in [-0.1, -0.05) is 11.8 Å². The number of thiazole rings is 1. The second-order valence-electron chi connectivity index (χ2n) is 7.05. The van der Waals surface area contributed by atoms with Crippen LogP contribution in [0.25, 0.3) is 0 Å². The van der Waals surface area contributed by atoms with E-state index in [-0.39, 0.29) is 5.95 Å². The van der Waals surface area contributed by atoms with Crippen molar-refractivity contribution in [1.82, 2.24) is 20.3 Å². The number of hydrogen-bond acceptors (Lipinski definition) is 9. The largest absolute Gasteiger partial charge is 0.371 e. The molecule has 4 rings (SSSR count). The lowest BCUT2D eigenvalue weighted by Gasteiger charge is -2.31. The van der Waals surface area contributed by atoms with Crippen LogP contribution in [-0.2, 0) is 5.60 Å². The highest BCUT2D eigenvalue weighted by atomic mass is 32.1. The molecular weight excluding hydrogens is 398 g/mol. The van der Waals surface area contributed by atoms with Crippen molar-refractivity contribution in [3.05, 3.63) is 52.6 Å². The summed E-state index contributed by atoms with van der Waals surface area (Å²) in [6.45, 7) is 5.32. The molecule has 0 saturated carbocycles. The molecule has 1 aliphatic rings. The predicted octanol–water partition coefficient (Wildman–Crippen LogP) is 1.93. The Balaban J connectivity index is 1.67. The molecule has 0 spiro atoms. The lowest BCUT2D eigenvalue weighted by Crippen LogP contribution is -2.43. The van der Waals surface area contributed by atoms with E-state index in [0.717, 1.165) is 43.1 Å². The van der Waals surface area contributed by atoms with Crippen LogP contribution in [0.3, 0.4) is 0 Å². The fourth-order valence-electron chi connectivity index (χ4n) is 3.19. The minimum atomic E-state index is -1.31. The van der Waals surface area contributed by atoms with Crippen molar-refractivity contribution >= 4 is 34.5 Å². The average Bonchev–Trinajstić information content (AvgIpc) is 3.29. The van der Waals surface area contributed by atoms with Gasteiger partial charge in [-0.05, 0) is 31.2 Å². The van der Waals surface area contributed by atoms with Crippen LogP contribution in [0.1, 0.15) is 17.5 Å². The quantitative estimate of drug-likeness (QED) is 0.473. The summed E-state index contributed by atoms with van der Waals surface area (Å²) in [5.74, 6) is 6.83. The van der Waals surface area contributed by atoms with Crippen molar-refractivity contribution in [2.24, 2.45) is 0 Å². The van der Waals surface area contributed by atoms with Crippen LogP contribution in [0, 0.1) is 11.8 Å². The smallest absolute Gasteiger partial charge is 0.221 e. The van der Waals surface area contributed by atoms with Gasteiger partial charge >= 0.3 is 0 Å². The third-order valence-electron chi connectivity index (χ3n) is 4.69. The van der Waals surface area contributed by atoms with E-state index in [1.165, 1.54) is 11.3 Å². The molecule has 2 aromatic heterocycles. The number of rotatable bonds is 4. The summed E-state index contributed by atoms with van der Waals surface area (Å²) in [7, 11) is 0. The van der Waals surface area contributed by atoms with E-state index >= 15 is 0 Å². The Morgan fingerprint density at radius 1 is 1.23 bits per heavy atom. The van der Waals surface area contributed by atoms with Gasteiger partial charge in [-0.15, -0.1) is 11.3 Å². The van der Waals surface area contributed by atoms with Gasteiger partial charge in [-0.3, -0.25) is 0 Å². The number of nitrogens with two attached hydrogens (primary N) is 1. The van der Waals surface area contributed by atoms with Crippen LogP contribution in [0.15, 0.2) is 42.0 Å². The standard InChI is InChI=1S/C21H23N7OS/c1-21(29,19-24-10-13-30-19)6-4-15-2-3-17(28-11-8-23-9-12-28)16(14-15)26-18-5-7-25-20(22)27-18/h2-3,5,7,10,13-14,23,29H,8-9,11-12H2,1H3,(H3,22,25,26,27). The molecule has 3 heterocycles. The highest BCUT2D eigenvalue weighted by molar-refractivity contribution is 7.09. The Hall–Kier alpha value is -3.19. The lowest BCUT2D eigenvalue weighted by atomic mass is 10.1. The number of nitrogens with zero attached hydrogens (tertiary/aromatic N) is 4. The molecule has 9 heteroatoms. The average molecular weight is 422 g/mol. The highest BCUT2D eigenvalue weighted by Gasteiger charge is 2.23. The summed E-state index contributed by atoms with van der Waals surface area (Å²) in [4.78, 5) is 14.7. The molecule has 0 aliphatic carbocycles. The van der Waals surface area contributed by atoms with Crippen LogP contribution >= 0.6 is 11.3 Å². The second kappa shape index (κ2) is 8.67. The number of aliphatic hydroxyl groups is 1. The molecule has 3 aromatic rings. The fourth-order valence-corrected chi connectivity index (χ4v) is 3.84. The van der Waals surface area contributed by atoms with Gasteiger partial charge in [0.05, 0.1) is 11.4 Å². The lowest BCUT2D eigenvalue weighted by molar-refractivity contribution is 0.122. The van der Waals surface area contributed by atoms with E-state index in [4.69, 9.17) is 5.73 Å². The molecule has 1 fully saturated rings. The zero-order chi connectivity index (χ0) is 21.0.